The van der Waals surface area contributed by atoms with Crippen LogP contribution in [0.1, 0.15) is 43.0 Å². The lowest BCUT2D eigenvalue weighted by Crippen LogP contribution is -2.03. The van der Waals surface area contributed by atoms with Crippen molar-refractivity contribution in [3.8, 4) is 11.5 Å². The molecule has 0 atom stereocenters. The first-order valence-electron chi connectivity index (χ1n) is 7.07. The van der Waals surface area contributed by atoms with Gasteiger partial charge < -0.3 is 14.9 Å². The molecule has 0 bridgehead atoms. The molecule has 0 saturated heterocycles. The van der Waals surface area contributed by atoms with Crippen LogP contribution in [0.25, 0.3) is 0 Å². The van der Waals surface area contributed by atoms with Gasteiger partial charge in [-0.05, 0) is 74.2 Å². The second kappa shape index (κ2) is 6.12. The van der Waals surface area contributed by atoms with Crippen molar-refractivity contribution in [1.82, 2.24) is 0 Å². The Kier molecular flexibility index (Phi) is 4.40. The van der Waals surface area contributed by atoms with Crippen LogP contribution in [0.5, 0.6) is 11.5 Å². The maximum Gasteiger partial charge on any atom is 0.335 e. The van der Waals surface area contributed by atoms with Crippen LogP contribution in [0.3, 0.4) is 0 Å². The predicted octanol–water partition coefficient (Wildman–Crippen LogP) is 4.11. The van der Waals surface area contributed by atoms with Gasteiger partial charge in [0, 0.05) is 0 Å². The summed E-state index contributed by atoms with van der Waals surface area (Å²) in [4.78, 5) is 22.3. The Hall–Kier alpha value is -2.82. The van der Waals surface area contributed by atoms with Crippen molar-refractivity contribution in [2.24, 2.45) is 0 Å². The van der Waals surface area contributed by atoms with E-state index in [4.69, 9.17) is 14.9 Å². The molecule has 2 N–H and O–H groups in total. The Balaban J connectivity index is 2.44. The van der Waals surface area contributed by atoms with Crippen LogP contribution in [0, 0.1) is 27.7 Å². The highest BCUT2D eigenvalue weighted by molar-refractivity contribution is 5.90. The molecule has 0 saturated carbocycles. The summed E-state index contributed by atoms with van der Waals surface area (Å²) in [5.41, 5.74) is 3.09. The van der Waals surface area contributed by atoms with Gasteiger partial charge in [-0.25, -0.2) is 9.59 Å². The lowest BCUT2D eigenvalue weighted by atomic mass is 10.0. The largest absolute Gasteiger partial charge is 0.478 e. The molecular formula is C18H18O5. The number of carboxylic acids is 2. The third kappa shape index (κ3) is 3.34. The zero-order chi connectivity index (χ0) is 17.3. The number of benzene rings is 2. The minimum atomic E-state index is -0.977. The van der Waals surface area contributed by atoms with Crippen LogP contribution < -0.4 is 4.74 Å². The van der Waals surface area contributed by atoms with Gasteiger partial charge in [0.1, 0.15) is 11.5 Å². The molecule has 0 radical (unpaired) electrons. The summed E-state index contributed by atoms with van der Waals surface area (Å²) in [7, 11) is 0. The Morgan fingerprint density at radius 2 is 1.04 bits per heavy atom. The number of rotatable bonds is 4. The van der Waals surface area contributed by atoms with Crippen molar-refractivity contribution in [3.63, 3.8) is 0 Å². The first kappa shape index (κ1) is 16.5. The number of carbonyl (C=O) groups is 2. The topological polar surface area (TPSA) is 83.8 Å². The summed E-state index contributed by atoms with van der Waals surface area (Å²) in [6, 6.07) is 6.50. The van der Waals surface area contributed by atoms with E-state index < -0.39 is 11.9 Å². The molecule has 0 aromatic heterocycles. The Morgan fingerprint density at radius 1 is 0.696 bits per heavy atom. The average molecular weight is 314 g/mol. The van der Waals surface area contributed by atoms with Crippen LogP contribution in [-0.2, 0) is 0 Å². The summed E-state index contributed by atoms with van der Waals surface area (Å²) in [5, 5.41) is 18.3. The summed E-state index contributed by atoms with van der Waals surface area (Å²) in [6.45, 7) is 6.97. The molecule has 0 aliphatic heterocycles. The number of ether oxygens (including phenoxy) is 1. The lowest BCUT2D eigenvalue weighted by molar-refractivity contribution is 0.0685. The molecule has 0 aliphatic rings. The van der Waals surface area contributed by atoms with E-state index >= 15 is 0 Å². The third-order valence-electron chi connectivity index (χ3n) is 3.72. The molecule has 0 aliphatic carbocycles. The van der Waals surface area contributed by atoms with E-state index in [2.05, 4.69) is 0 Å². The van der Waals surface area contributed by atoms with Crippen molar-refractivity contribution < 1.29 is 24.5 Å². The van der Waals surface area contributed by atoms with Crippen molar-refractivity contribution >= 4 is 11.9 Å². The SMILES string of the molecule is Cc1cc(C(=O)O)c(C)cc1Oc1cc(C)c(C(=O)O)cc1C. The van der Waals surface area contributed by atoms with Crippen LogP contribution >= 0.6 is 0 Å². The van der Waals surface area contributed by atoms with Gasteiger partial charge in [0.15, 0.2) is 0 Å². The zero-order valence-corrected chi connectivity index (χ0v) is 13.4. The quantitative estimate of drug-likeness (QED) is 0.887. The standard InChI is InChI=1S/C18H18O5/c1-9-7-15(11(3)5-13(9)17(19)20)23-16-8-10(2)14(18(21)22)6-12(16)4/h5-8H,1-4H3,(H,19,20)(H,21,22). The molecule has 0 fully saturated rings. The molecule has 5 nitrogen and oxygen atoms in total. The first-order chi connectivity index (χ1) is 10.7. The molecule has 0 heterocycles. The van der Waals surface area contributed by atoms with E-state index in [-0.39, 0.29) is 11.1 Å². The van der Waals surface area contributed by atoms with Crippen LogP contribution in [0.15, 0.2) is 24.3 Å². The van der Waals surface area contributed by atoms with Gasteiger partial charge in [-0.2, -0.15) is 0 Å². The zero-order valence-electron chi connectivity index (χ0n) is 13.4. The minimum Gasteiger partial charge on any atom is -0.478 e. The summed E-state index contributed by atoms with van der Waals surface area (Å²) in [5.74, 6) is -0.846. The highest BCUT2D eigenvalue weighted by Gasteiger charge is 2.15. The lowest BCUT2D eigenvalue weighted by Gasteiger charge is -2.14. The van der Waals surface area contributed by atoms with Gasteiger partial charge in [-0.1, -0.05) is 0 Å². The molecule has 2 aromatic carbocycles. The van der Waals surface area contributed by atoms with Gasteiger partial charge in [-0.15, -0.1) is 0 Å². The Bertz CT molecular complexity index is 738. The van der Waals surface area contributed by atoms with Crippen LogP contribution in [0.2, 0.25) is 0 Å². The number of hydrogen-bond donors (Lipinski definition) is 2. The molecule has 0 unspecified atom stereocenters. The van der Waals surface area contributed by atoms with Gasteiger partial charge in [0.2, 0.25) is 0 Å². The van der Waals surface area contributed by atoms with Crippen molar-refractivity contribution in [2.45, 2.75) is 27.7 Å². The average Bonchev–Trinajstić information content (AvgIpc) is 2.45. The number of aromatic carboxylic acids is 2. The van der Waals surface area contributed by atoms with Crippen LogP contribution in [-0.4, -0.2) is 22.2 Å². The van der Waals surface area contributed by atoms with E-state index in [0.29, 0.717) is 33.8 Å². The molecule has 0 spiro atoms. The summed E-state index contributed by atoms with van der Waals surface area (Å²) >= 11 is 0. The molecule has 0 amide bonds. The number of aryl methyl sites for hydroxylation is 4. The Labute approximate surface area is 134 Å². The predicted molar refractivity (Wildman–Crippen MR) is 85.8 cm³/mol. The molecule has 23 heavy (non-hydrogen) atoms. The maximum atomic E-state index is 11.1. The van der Waals surface area contributed by atoms with Crippen molar-refractivity contribution in [2.75, 3.05) is 0 Å². The molecule has 120 valence electrons. The molecule has 5 heteroatoms. The van der Waals surface area contributed by atoms with Crippen molar-refractivity contribution in [3.05, 3.63) is 57.6 Å². The smallest absolute Gasteiger partial charge is 0.335 e. The third-order valence-corrected chi connectivity index (χ3v) is 3.72. The van der Waals surface area contributed by atoms with E-state index in [1.807, 2.05) is 0 Å². The van der Waals surface area contributed by atoms with Gasteiger partial charge >= 0.3 is 11.9 Å². The van der Waals surface area contributed by atoms with Gasteiger partial charge in [0.25, 0.3) is 0 Å². The van der Waals surface area contributed by atoms with Crippen LogP contribution in [0.4, 0.5) is 0 Å². The van der Waals surface area contributed by atoms with Crippen molar-refractivity contribution in [1.29, 1.82) is 0 Å². The minimum absolute atomic E-state index is 0.240. The monoisotopic (exact) mass is 314 g/mol. The fourth-order valence-corrected chi connectivity index (χ4v) is 2.38. The number of hydrogen-bond acceptors (Lipinski definition) is 3. The number of carboxylic acid groups (broad SMARTS) is 2. The van der Waals surface area contributed by atoms with Gasteiger partial charge in [-0.3, -0.25) is 0 Å². The summed E-state index contributed by atoms with van der Waals surface area (Å²) in [6.07, 6.45) is 0. The highest BCUT2D eigenvalue weighted by atomic mass is 16.5. The summed E-state index contributed by atoms with van der Waals surface area (Å²) < 4.78 is 5.89. The second-order valence-corrected chi connectivity index (χ2v) is 5.58. The van der Waals surface area contributed by atoms with E-state index in [0.717, 1.165) is 0 Å². The van der Waals surface area contributed by atoms with Gasteiger partial charge in [0.05, 0.1) is 11.1 Å². The Morgan fingerprint density at radius 3 is 1.35 bits per heavy atom. The maximum absolute atomic E-state index is 11.1. The first-order valence-corrected chi connectivity index (χ1v) is 7.07. The second-order valence-electron chi connectivity index (χ2n) is 5.58. The molecular weight excluding hydrogens is 296 g/mol. The highest BCUT2D eigenvalue weighted by Crippen LogP contribution is 2.31. The fraction of sp³-hybridized carbons (Fsp3) is 0.222. The normalized spacial score (nSPS) is 10.4. The molecule has 2 aromatic rings. The van der Waals surface area contributed by atoms with E-state index in [9.17, 15) is 9.59 Å². The van der Waals surface area contributed by atoms with E-state index in [1.165, 1.54) is 0 Å². The molecule has 2 rings (SSSR count). The van der Waals surface area contributed by atoms with E-state index in [1.54, 1.807) is 52.0 Å². The fourth-order valence-electron chi connectivity index (χ4n) is 2.38.